The summed E-state index contributed by atoms with van der Waals surface area (Å²) in [6.45, 7) is 1.76. The molecule has 0 saturated carbocycles. The van der Waals surface area contributed by atoms with Crippen LogP contribution in [0, 0.1) is 6.92 Å². The molecule has 0 aliphatic rings. The van der Waals surface area contributed by atoms with E-state index in [0.717, 1.165) is 9.87 Å². The summed E-state index contributed by atoms with van der Waals surface area (Å²) in [6, 6.07) is 4.90. The van der Waals surface area contributed by atoms with Crippen LogP contribution >= 0.6 is 22.3 Å². The summed E-state index contributed by atoms with van der Waals surface area (Å²) in [7, 11) is 2.85. The normalized spacial score (nSPS) is 11.4. The highest BCUT2D eigenvalue weighted by Gasteiger charge is 2.16. The van der Waals surface area contributed by atoms with Crippen molar-refractivity contribution in [3.05, 3.63) is 28.8 Å². The van der Waals surface area contributed by atoms with Crippen LogP contribution in [0.15, 0.2) is 18.2 Å². The SMILES string of the molecule is Cc1cc(Cl)ccc1N(C)S(=O)(=O)Cl. The molecule has 1 rings (SSSR count). The topological polar surface area (TPSA) is 37.4 Å². The molecule has 0 aliphatic heterocycles. The molecule has 0 atom stereocenters. The predicted molar refractivity (Wildman–Crippen MR) is 59.4 cm³/mol. The molecule has 3 nitrogen and oxygen atoms in total. The van der Waals surface area contributed by atoms with E-state index >= 15 is 0 Å². The molecule has 0 aliphatic carbocycles. The Morgan fingerprint density at radius 1 is 1.36 bits per heavy atom. The predicted octanol–water partition coefficient (Wildman–Crippen LogP) is 2.57. The quantitative estimate of drug-likeness (QED) is 0.760. The second-order valence-corrected chi connectivity index (χ2v) is 5.82. The van der Waals surface area contributed by atoms with Crippen LogP contribution in [0.4, 0.5) is 5.69 Å². The summed E-state index contributed by atoms with van der Waals surface area (Å²) in [4.78, 5) is 0. The van der Waals surface area contributed by atoms with Crippen molar-refractivity contribution in [3.8, 4) is 0 Å². The Morgan fingerprint density at radius 3 is 2.36 bits per heavy atom. The lowest BCUT2D eigenvalue weighted by Crippen LogP contribution is -2.21. The first-order chi connectivity index (χ1) is 6.32. The van der Waals surface area contributed by atoms with Gasteiger partial charge in [0.05, 0.1) is 5.69 Å². The summed E-state index contributed by atoms with van der Waals surface area (Å²) in [6.07, 6.45) is 0. The van der Waals surface area contributed by atoms with Gasteiger partial charge in [-0.15, -0.1) is 0 Å². The summed E-state index contributed by atoms with van der Waals surface area (Å²) < 4.78 is 23.1. The first kappa shape index (κ1) is 11.6. The van der Waals surface area contributed by atoms with Crippen molar-refractivity contribution in [2.24, 2.45) is 0 Å². The van der Waals surface area contributed by atoms with Gasteiger partial charge in [-0.3, -0.25) is 4.31 Å². The number of hydrogen-bond acceptors (Lipinski definition) is 2. The van der Waals surface area contributed by atoms with Crippen molar-refractivity contribution in [2.45, 2.75) is 6.92 Å². The largest absolute Gasteiger partial charge is 0.321 e. The molecule has 0 heterocycles. The minimum atomic E-state index is -3.73. The third-order valence-corrected chi connectivity index (χ3v) is 3.53. The van der Waals surface area contributed by atoms with Crippen molar-refractivity contribution in [3.63, 3.8) is 0 Å². The molecule has 0 bridgehead atoms. The standard InChI is InChI=1S/C8H9Cl2NO2S/c1-6-5-7(9)3-4-8(6)11(2)14(10,12)13/h3-5H,1-2H3. The van der Waals surface area contributed by atoms with Gasteiger partial charge in [0.15, 0.2) is 0 Å². The molecular formula is C8H9Cl2NO2S. The molecule has 0 amide bonds. The van der Waals surface area contributed by atoms with Crippen LogP contribution in [-0.4, -0.2) is 15.5 Å². The maximum Gasteiger partial charge on any atom is 0.321 e. The van der Waals surface area contributed by atoms with Gasteiger partial charge in [-0.05, 0) is 30.7 Å². The van der Waals surface area contributed by atoms with Gasteiger partial charge in [0.25, 0.3) is 0 Å². The number of hydrogen-bond donors (Lipinski definition) is 0. The summed E-state index contributed by atoms with van der Waals surface area (Å²) in [5.41, 5.74) is 1.27. The van der Waals surface area contributed by atoms with Gasteiger partial charge in [-0.25, -0.2) is 0 Å². The van der Waals surface area contributed by atoms with Crippen LogP contribution in [0.2, 0.25) is 5.02 Å². The van der Waals surface area contributed by atoms with Gasteiger partial charge in [0, 0.05) is 22.8 Å². The molecule has 0 radical (unpaired) electrons. The zero-order valence-corrected chi connectivity index (χ0v) is 9.99. The highest BCUT2D eigenvalue weighted by Crippen LogP contribution is 2.25. The molecule has 0 aromatic heterocycles. The smallest absolute Gasteiger partial charge is 0.260 e. The molecular weight excluding hydrogens is 245 g/mol. The zero-order valence-electron chi connectivity index (χ0n) is 7.66. The highest BCUT2D eigenvalue weighted by molar-refractivity contribution is 8.14. The average Bonchev–Trinajstić information content (AvgIpc) is 2.01. The van der Waals surface area contributed by atoms with E-state index in [0.29, 0.717) is 10.7 Å². The Morgan fingerprint density at radius 2 is 1.93 bits per heavy atom. The third-order valence-electron chi connectivity index (χ3n) is 1.83. The Balaban J connectivity index is 3.21. The van der Waals surface area contributed by atoms with E-state index in [2.05, 4.69) is 0 Å². The van der Waals surface area contributed by atoms with Crippen LogP contribution in [0.3, 0.4) is 0 Å². The van der Waals surface area contributed by atoms with Crippen LogP contribution in [0.5, 0.6) is 0 Å². The fourth-order valence-corrected chi connectivity index (χ4v) is 1.98. The fraction of sp³-hybridized carbons (Fsp3) is 0.250. The maximum absolute atomic E-state index is 11.0. The van der Waals surface area contributed by atoms with Crippen molar-refractivity contribution in [1.82, 2.24) is 0 Å². The average molecular weight is 254 g/mol. The second-order valence-electron chi connectivity index (χ2n) is 2.84. The van der Waals surface area contributed by atoms with Gasteiger partial charge in [0.2, 0.25) is 0 Å². The minimum absolute atomic E-state index is 0.518. The number of aryl methyl sites for hydroxylation is 1. The monoisotopic (exact) mass is 253 g/mol. The van der Waals surface area contributed by atoms with Crippen LogP contribution in [0.25, 0.3) is 0 Å². The number of benzene rings is 1. The maximum atomic E-state index is 11.0. The van der Waals surface area contributed by atoms with Gasteiger partial charge in [-0.1, -0.05) is 11.6 Å². The lowest BCUT2D eigenvalue weighted by molar-refractivity contribution is 0.608. The van der Waals surface area contributed by atoms with Crippen LogP contribution in [-0.2, 0) is 9.24 Å². The molecule has 78 valence electrons. The van der Waals surface area contributed by atoms with E-state index in [9.17, 15) is 8.42 Å². The molecule has 0 unspecified atom stereocenters. The molecule has 0 fully saturated rings. The van der Waals surface area contributed by atoms with Crippen molar-refractivity contribution >= 4 is 37.2 Å². The fourth-order valence-electron chi connectivity index (χ4n) is 1.09. The number of halogens is 2. The lowest BCUT2D eigenvalue weighted by atomic mass is 10.2. The molecule has 0 N–H and O–H groups in total. The van der Waals surface area contributed by atoms with Crippen LogP contribution in [0.1, 0.15) is 5.56 Å². The van der Waals surface area contributed by atoms with Crippen LogP contribution < -0.4 is 4.31 Å². The molecule has 14 heavy (non-hydrogen) atoms. The molecule has 0 spiro atoms. The van der Waals surface area contributed by atoms with Crippen molar-refractivity contribution in [1.29, 1.82) is 0 Å². The Hall–Kier alpha value is -0.450. The molecule has 1 aromatic rings. The summed E-state index contributed by atoms with van der Waals surface area (Å²) >= 11 is 5.73. The van der Waals surface area contributed by atoms with Gasteiger partial charge >= 0.3 is 9.24 Å². The van der Waals surface area contributed by atoms with E-state index in [-0.39, 0.29) is 0 Å². The number of nitrogens with zero attached hydrogens (tertiary/aromatic N) is 1. The number of rotatable bonds is 2. The highest BCUT2D eigenvalue weighted by atomic mass is 35.7. The Bertz CT molecular complexity index is 445. The van der Waals surface area contributed by atoms with Gasteiger partial charge in [-0.2, -0.15) is 8.42 Å². The second kappa shape index (κ2) is 3.96. The number of anilines is 1. The first-order valence-electron chi connectivity index (χ1n) is 3.77. The Labute approximate surface area is 92.8 Å². The van der Waals surface area contributed by atoms with E-state index in [1.807, 2.05) is 0 Å². The molecule has 1 aromatic carbocycles. The third kappa shape index (κ3) is 2.53. The molecule has 6 heteroatoms. The lowest BCUT2D eigenvalue weighted by Gasteiger charge is -2.17. The summed E-state index contributed by atoms with van der Waals surface area (Å²) in [5, 5.41) is 0.562. The van der Waals surface area contributed by atoms with E-state index in [1.54, 1.807) is 25.1 Å². The first-order valence-corrected chi connectivity index (χ1v) is 6.41. The van der Waals surface area contributed by atoms with E-state index in [1.165, 1.54) is 7.05 Å². The Kier molecular flexibility index (Phi) is 3.29. The summed E-state index contributed by atoms with van der Waals surface area (Å²) in [5.74, 6) is 0. The zero-order chi connectivity index (χ0) is 10.9. The van der Waals surface area contributed by atoms with Crippen molar-refractivity contribution in [2.75, 3.05) is 11.4 Å². The minimum Gasteiger partial charge on any atom is -0.260 e. The van der Waals surface area contributed by atoms with Crippen molar-refractivity contribution < 1.29 is 8.42 Å². The molecule has 0 saturated heterocycles. The van der Waals surface area contributed by atoms with Gasteiger partial charge in [0.1, 0.15) is 0 Å². The van der Waals surface area contributed by atoms with E-state index in [4.69, 9.17) is 22.3 Å². The van der Waals surface area contributed by atoms with Gasteiger partial charge < -0.3 is 0 Å². The van der Waals surface area contributed by atoms with E-state index < -0.39 is 9.24 Å².